The van der Waals surface area contributed by atoms with Gasteiger partial charge in [-0.3, -0.25) is 0 Å². The van der Waals surface area contributed by atoms with E-state index in [1.807, 2.05) is 4.81 Å². The Labute approximate surface area is 131 Å². The molecule has 0 aliphatic heterocycles. The Morgan fingerprint density at radius 2 is 2.11 bits per heavy atom. The van der Waals surface area contributed by atoms with Gasteiger partial charge in [0.05, 0.1) is 0 Å². The molecule has 0 aromatic heterocycles. The van der Waals surface area contributed by atoms with Crippen LogP contribution in [0, 0.1) is 11.3 Å². The van der Waals surface area contributed by atoms with E-state index in [1.54, 1.807) is 9.94 Å². The van der Waals surface area contributed by atoms with Crippen molar-refractivity contribution in [2.45, 2.75) is 26.1 Å². The van der Waals surface area contributed by atoms with E-state index in [1.165, 1.54) is 0 Å². The van der Waals surface area contributed by atoms with Gasteiger partial charge in [-0.1, -0.05) is 0 Å². The molecule has 0 atom stereocenters. The van der Waals surface area contributed by atoms with E-state index in [0.29, 0.717) is 19.5 Å². The van der Waals surface area contributed by atoms with Crippen LogP contribution >= 0.6 is 18.6 Å². The predicted octanol–water partition coefficient (Wildman–Crippen LogP) is -1.96. The van der Waals surface area contributed by atoms with Gasteiger partial charge >= 0.3 is 132 Å². The van der Waals surface area contributed by atoms with Gasteiger partial charge < -0.3 is 0 Å². The third-order valence-corrected chi connectivity index (χ3v) is 6.76. The van der Waals surface area contributed by atoms with E-state index in [4.69, 9.17) is 13.1 Å². The van der Waals surface area contributed by atoms with Gasteiger partial charge in [-0.25, -0.2) is 0 Å². The molecule has 18 heavy (non-hydrogen) atoms. The average molecular weight is 474 g/mol. The molecule has 0 fully saturated rings. The van der Waals surface area contributed by atoms with E-state index >= 15 is 0 Å². The van der Waals surface area contributed by atoms with Gasteiger partial charge in [0, 0.05) is 0 Å². The number of nitriles is 1. The van der Waals surface area contributed by atoms with Crippen molar-refractivity contribution < 1.29 is 27.3 Å². The third kappa shape index (κ3) is 8.55. The molecule has 5 nitrogen and oxygen atoms in total. The molecule has 0 spiro atoms. The van der Waals surface area contributed by atoms with Crippen molar-refractivity contribution in [3.8, 4) is 6.07 Å². The molecular formula is C9H16B2I2N3O2-. The monoisotopic (exact) mass is 474 g/mol. The van der Waals surface area contributed by atoms with E-state index in [2.05, 4.69) is 24.7 Å². The fourth-order valence-electron chi connectivity index (χ4n) is 1.42. The summed E-state index contributed by atoms with van der Waals surface area (Å²) in [6, 6.07) is 2.07. The fourth-order valence-corrected chi connectivity index (χ4v) is 4.55. The second-order valence-corrected chi connectivity index (χ2v) is 7.75. The summed E-state index contributed by atoms with van der Waals surface area (Å²) >= 11 is 1.88. The summed E-state index contributed by atoms with van der Waals surface area (Å²) in [5.74, 6) is -0.353. The minimum absolute atomic E-state index is 0.332. The number of hydrogen-bond acceptors (Lipinski definition) is 4. The molecule has 1 N–H and O–H groups in total. The number of nitrogens with zero attached hydrogens (tertiary/aromatic N) is 3. The van der Waals surface area contributed by atoms with E-state index in [-0.39, 0.29) is 23.3 Å². The zero-order valence-electron chi connectivity index (χ0n) is 10.4. The van der Waals surface area contributed by atoms with Gasteiger partial charge in [-0.05, 0) is 0 Å². The number of carbonyl (C=O) groups is 1. The molecule has 0 aromatic carbocycles. The Morgan fingerprint density at radius 3 is 2.56 bits per heavy atom. The van der Waals surface area contributed by atoms with Gasteiger partial charge in [0.2, 0.25) is 0 Å². The van der Waals surface area contributed by atoms with Crippen molar-refractivity contribution >= 4 is 39.3 Å². The van der Waals surface area contributed by atoms with Crippen molar-refractivity contribution in [2.75, 3.05) is 19.6 Å². The molecule has 0 unspecified atom stereocenters. The van der Waals surface area contributed by atoms with Crippen LogP contribution in [0.3, 0.4) is 0 Å². The van der Waals surface area contributed by atoms with E-state index in [9.17, 15) is 9.82 Å². The zero-order valence-corrected chi connectivity index (χ0v) is 14.7. The molecule has 0 aliphatic rings. The predicted molar refractivity (Wildman–Crippen MR) is 76.7 cm³/mol. The summed E-state index contributed by atoms with van der Waals surface area (Å²) in [5.41, 5.74) is 0. The molecule has 2 radical (unpaired) electrons. The average Bonchev–Trinajstić information content (AvgIpc) is 2.31. The van der Waals surface area contributed by atoms with Crippen LogP contribution in [0.2, 0.25) is 6.82 Å². The molecule has 9 heteroatoms. The topological polar surface area (TPSA) is 67.6 Å². The number of carbonyl (C=O) groups excluding carboxylic acids is 1. The van der Waals surface area contributed by atoms with Crippen LogP contribution in [-0.2, 0) is 0 Å². The van der Waals surface area contributed by atoms with Crippen LogP contribution in [0.15, 0.2) is 0 Å². The maximum absolute atomic E-state index is 11.0. The summed E-state index contributed by atoms with van der Waals surface area (Å²) in [5, 5.41) is 18.0. The van der Waals surface area contributed by atoms with Crippen LogP contribution in [0.25, 0.3) is 0 Å². The quantitative estimate of drug-likeness (QED) is 0.183. The van der Waals surface area contributed by atoms with Crippen molar-refractivity contribution in [3.05, 3.63) is 0 Å². The molecule has 0 heterocycles. The molecule has 0 aromatic rings. The number of unbranched alkanes of at least 4 members (excludes halogenated alkanes) is 1. The summed E-state index contributed by atoms with van der Waals surface area (Å²) in [4.78, 5) is 12.9. The first kappa shape index (κ1) is 18.5. The van der Waals surface area contributed by atoms with Crippen molar-refractivity contribution in [1.29, 1.82) is 5.26 Å². The molecule has 0 saturated carbocycles. The van der Waals surface area contributed by atoms with Crippen LogP contribution in [0.5, 0.6) is 0 Å². The summed E-state index contributed by atoms with van der Waals surface area (Å²) in [6.45, 7) is 3.68. The van der Waals surface area contributed by atoms with Crippen LogP contribution in [0.1, 0.15) is 19.3 Å². The van der Waals surface area contributed by atoms with Crippen LogP contribution in [-0.4, -0.2) is 53.3 Å². The van der Waals surface area contributed by atoms with Crippen LogP contribution < -0.4 is 17.5 Å². The van der Waals surface area contributed by atoms with Gasteiger partial charge in [0.1, 0.15) is 0 Å². The van der Waals surface area contributed by atoms with Crippen molar-refractivity contribution in [2.24, 2.45) is 0 Å². The third-order valence-electron chi connectivity index (χ3n) is 2.41. The number of halogens is 2. The Hall–Kier alpha value is 0.470. The number of amides is 1. The van der Waals surface area contributed by atoms with Crippen molar-refractivity contribution in [3.63, 3.8) is 0 Å². The normalized spacial score (nSPS) is 10.4. The standard InChI is InChI=1S/C9H16B2I2N3O2/c1-11(18)15(7-4-5-14)6-2-3-8-16(13-12)9(10)17/h18H,2-4,6-8H2,1H3/q-1. The SMILES string of the molecule is [B]C(=O)N(CCCCN(CCC#N)B(C)O)[I-]I. The van der Waals surface area contributed by atoms with E-state index in [0.717, 1.165) is 19.4 Å². The summed E-state index contributed by atoms with van der Waals surface area (Å²) in [6.07, 6.45) is 2.15. The molecule has 0 saturated heterocycles. The Kier molecular flexibility index (Phi) is 11.6. The molecular weight excluding hydrogens is 458 g/mol. The Balaban J connectivity index is 3.85. The second-order valence-electron chi connectivity index (χ2n) is 3.77. The van der Waals surface area contributed by atoms with Crippen LogP contribution in [0.4, 0.5) is 4.79 Å². The van der Waals surface area contributed by atoms with Crippen molar-refractivity contribution in [1.82, 2.24) is 7.92 Å². The second kappa shape index (κ2) is 11.3. The summed E-state index contributed by atoms with van der Waals surface area (Å²) in [7, 11) is 4.69. The Morgan fingerprint density at radius 1 is 1.50 bits per heavy atom. The summed E-state index contributed by atoms with van der Waals surface area (Å²) < 4.78 is 1.68. The van der Waals surface area contributed by atoms with Gasteiger partial charge in [-0.2, -0.15) is 0 Å². The maximum atomic E-state index is 11.0. The molecule has 0 bridgehead atoms. The number of hydrogen-bond donors (Lipinski definition) is 1. The zero-order chi connectivity index (χ0) is 14.0. The Bertz CT molecular complexity index is 289. The first-order chi connectivity index (χ1) is 8.52. The molecule has 1 amide bonds. The first-order valence-electron chi connectivity index (χ1n) is 5.65. The van der Waals surface area contributed by atoms with Gasteiger partial charge in [0.25, 0.3) is 0 Å². The van der Waals surface area contributed by atoms with Gasteiger partial charge in [0.15, 0.2) is 0 Å². The van der Waals surface area contributed by atoms with E-state index < -0.39 is 7.05 Å². The fraction of sp³-hybridized carbons (Fsp3) is 0.778. The first-order valence-corrected chi connectivity index (χ1v) is 12.9. The molecule has 100 valence electrons. The van der Waals surface area contributed by atoms with Gasteiger partial charge in [-0.15, -0.1) is 0 Å². The number of rotatable bonds is 9. The molecule has 0 aliphatic carbocycles. The molecule has 0 rings (SSSR count). The minimum atomic E-state index is -0.539.